The third-order valence-corrected chi connectivity index (χ3v) is 4.67. The van der Waals surface area contributed by atoms with Crippen LogP contribution in [0, 0.1) is 5.82 Å². The topological polar surface area (TPSA) is 72.4 Å². The van der Waals surface area contributed by atoms with Crippen LogP contribution in [0.3, 0.4) is 0 Å². The molecule has 136 valence electrons. The molecule has 5 nitrogen and oxygen atoms in total. The highest BCUT2D eigenvalue weighted by molar-refractivity contribution is 5.76. The molecule has 0 radical (unpaired) electrons. The summed E-state index contributed by atoms with van der Waals surface area (Å²) in [6.45, 7) is 0.126. The average molecular weight is 362 g/mol. The number of allylic oxidation sites excluding steroid dienone is 4. The van der Waals surface area contributed by atoms with Crippen LogP contribution in [-0.4, -0.2) is 21.8 Å². The van der Waals surface area contributed by atoms with Gasteiger partial charge >= 0.3 is 0 Å². The maximum atomic E-state index is 13.1. The van der Waals surface area contributed by atoms with E-state index in [4.69, 9.17) is 5.73 Å². The van der Waals surface area contributed by atoms with E-state index in [1.165, 1.54) is 12.1 Å². The molecule has 27 heavy (non-hydrogen) atoms. The smallest absolute Gasteiger partial charge is 0.236 e. The van der Waals surface area contributed by atoms with Crippen LogP contribution in [0.25, 0.3) is 16.8 Å². The van der Waals surface area contributed by atoms with Gasteiger partial charge in [0, 0.05) is 29.7 Å². The molecule has 4 rings (SSSR count). The third-order valence-electron chi connectivity index (χ3n) is 4.67. The van der Waals surface area contributed by atoms with E-state index in [9.17, 15) is 9.18 Å². The van der Waals surface area contributed by atoms with Crippen LogP contribution in [0.5, 0.6) is 0 Å². The molecule has 2 heterocycles. The Morgan fingerprint density at radius 3 is 2.85 bits per heavy atom. The highest BCUT2D eigenvalue weighted by atomic mass is 19.1. The van der Waals surface area contributed by atoms with Gasteiger partial charge in [0.25, 0.3) is 0 Å². The van der Waals surface area contributed by atoms with Crippen LogP contribution >= 0.6 is 0 Å². The van der Waals surface area contributed by atoms with Crippen molar-refractivity contribution < 1.29 is 9.18 Å². The molecule has 0 spiro atoms. The number of halogens is 1. The average Bonchev–Trinajstić information content (AvgIpc) is 3.10. The number of pyridine rings is 1. The summed E-state index contributed by atoms with van der Waals surface area (Å²) in [5.74, 6) is -0.483. The Morgan fingerprint density at radius 2 is 2.07 bits per heavy atom. The quantitative estimate of drug-likeness (QED) is 0.732. The predicted molar refractivity (Wildman–Crippen MR) is 102 cm³/mol. The van der Waals surface area contributed by atoms with Gasteiger partial charge in [0.05, 0.1) is 6.54 Å². The second-order valence-electron chi connectivity index (χ2n) is 6.54. The van der Waals surface area contributed by atoms with Gasteiger partial charge < -0.3 is 15.5 Å². The van der Waals surface area contributed by atoms with Crippen molar-refractivity contribution in [1.82, 2.24) is 14.7 Å². The number of hydrogen-bond donors (Lipinski definition) is 2. The van der Waals surface area contributed by atoms with Crippen molar-refractivity contribution in [2.45, 2.75) is 12.3 Å². The van der Waals surface area contributed by atoms with Crippen molar-refractivity contribution in [2.24, 2.45) is 5.73 Å². The first-order valence-corrected chi connectivity index (χ1v) is 8.72. The van der Waals surface area contributed by atoms with Crippen molar-refractivity contribution >= 4 is 11.6 Å². The van der Waals surface area contributed by atoms with Gasteiger partial charge in [-0.15, -0.1) is 0 Å². The molecule has 3 N–H and O–H groups in total. The fourth-order valence-corrected chi connectivity index (χ4v) is 3.31. The molecule has 0 bridgehead atoms. The van der Waals surface area contributed by atoms with E-state index in [1.807, 2.05) is 36.7 Å². The first kappa shape index (κ1) is 17.0. The first-order chi connectivity index (χ1) is 13.1. The number of carbonyl (C=O) groups is 1. The summed E-state index contributed by atoms with van der Waals surface area (Å²) in [5.41, 5.74) is 10.0. The Kier molecular flexibility index (Phi) is 4.46. The van der Waals surface area contributed by atoms with Crippen LogP contribution in [0.1, 0.15) is 18.0 Å². The number of nitrogens with zero attached hydrogens (tertiary/aromatic N) is 2. The number of nitrogens with one attached hydrogen (secondary N) is 1. The molecule has 1 unspecified atom stereocenters. The van der Waals surface area contributed by atoms with Gasteiger partial charge in [-0.3, -0.25) is 4.79 Å². The predicted octanol–water partition coefficient (Wildman–Crippen LogP) is 3.14. The number of aromatic nitrogens is 2. The number of fused-ring (bicyclic) bond motifs is 1. The SMILES string of the molecule is NC(=O)CNC1=CC=CC(c2cnc3cc(-c4ccc(F)cc4)ccn23)C1. The summed E-state index contributed by atoms with van der Waals surface area (Å²) in [5, 5.41) is 3.07. The van der Waals surface area contributed by atoms with E-state index in [1.54, 1.807) is 12.1 Å². The van der Waals surface area contributed by atoms with Crippen LogP contribution in [-0.2, 0) is 4.79 Å². The lowest BCUT2D eigenvalue weighted by molar-refractivity contribution is -0.117. The highest BCUT2D eigenvalue weighted by Crippen LogP contribution is 2.29. The zero-order chi connectivity index (χ0) is 18.8. The summed E-state index contributed by atoms with van der Waals surface area (Å²) in [7, 11) is 0. The molecule has 1 atom stereocenters. The number of amides is 1. The lowest BCUT2D eigenvalue weighted by Gasteiger charge is -2.19. The van der Waals surface area contributed by atoms with E-state index in [0.29, 0.717) is 0 Å². The molecule has 1 aliphatic rings. The van der Waals surface area contributed by atoms with E-state index in [0.717, 1.165) is 34.6 Å². The molecule has 0 fully saturated rings. The maximum Gasteiger partial charge on any atom is 0.236 e. The molecule has 0 saturated heterocycles. The van der Waals surface area contributed by atoms with Gasteiger partial charge in [0.1, 0.15) is 11.5 Å². The monoisotopic (exact) mass is 362 g/mol. The standard InChI is InChI=1S/C21H19FN4O/c22-17-6-4-14(5-7-17)15-8-9-26-19(12-25-21(26)11-15)16-2-1-3-18(10-16)24-13-20(23)27/h1-9,11-12,16,24H,10,13H2,(H2,23,27). The van der Waals surface area contributed by atoms with E-state index < -0.39 is 0 Å². The van der Waals surface area contributed by atoms with Gasteiger partial charge in [-0.25, -0.2) is 9.37 Å². The largest absolute Gasteiger partial charge is 0.380 e. The molecule has 1 amide bonds. The fraction of sp³-hybridized carbons (Fsp3) is 0.143. The van der Waals surface area contributed by atoms with Crippen molar-refractivity contribution in [1.29, 1.82) is 0 Å². The lowest BCUT2D eigenvalue weighted by atomic mass is 9.95. The number of hydrogen-bond acceptors (Lipinski definition) is 3. The summed E-state index contributed by atoms with van der Waals surface area (Å²) in [6.07, 6.45) is 10.7. The molecule has 1 aliphatic carbocycles. The zero-order valence-corrected chi connectivity index (χ0v) is 14.6. The second-order valence-corrected chi connectivity index (χ2v) is 6.54. The highest BCUT2D eigenvalue weighted by Gasteiger charge is 2.18. The summed E-state index contributed by atoms with van der Waals surface area (Å²) in [6, 6.07) is 10.4. The second kappa shape index (κ2) is 7.07. The first-order valence-electron chi connectivity index (χ1n) is 8.72. The van der Waals surface area contributed by atoms with Gasteiger partial charge in [-0.2, -0.15) is 0 Å². The molecule has 1 aromatic carbocycles. The number of nitrogens with two attached hydrogens (primary N) is 1. The van der Waals surface area contributed by atoms with E-state index >= 15 is 0 Å². The van der Waals surface area contributed by atoms with Gasteiger partial charge in [-0.05, 0) is 47.9 Å². The zero-order valence-electron chi connectivity index (χ0n) is 14.6. The van der Waals surface area contributed by atoms with Crippen LogP contribution in [0.4, 0.5) is 4.39 Å². The normalized spacial score (nSPS) is 16.3. The number of imidazole rings is 1. The molecular formula is C21H19FN4O. The van der Waals surface area contributed by atoms with Crippen molar-refractivity contribution in [3.8, 4) is 11.1 Å². The molecule has 0 saturated carbocycles. The third kappa shape index (κ3) is 3.60. The van der Waals surface area contributed by atoms with E-state index in [-0.39, 0.29) is 24.2 Å². The maximum absolute atomic E-state index is 13.1. The molecule has 6 heteroatoms. The molecule has 3 aromatic rings. The van der Waals surface area contributed by atoms with Crippen LogP contribution in [0.2, 0.25) is 0 Å². The molecule has 0 aliphatic heterocycles. The van der Waals surface area contributed by atoms with Crippen molar-refractivity contribution in [3.63, 3.8) is 0 Å². The van der Waals surface area contributed by atoms with Gasteiger partial charge in [0.2, 0.25) is 5.91 Å². The number of primary amides is 1. The minimum absolute atomic E-state index is 0.126. The Hall–Kier alpha value is -3.41. The summed E-state index contributed by atoms with van der Waals surface area (Å²) in [4.78, 5) is 15.5. The minimum atomic E-state index is -0.384. The minimum Gasteiger partial charge on any atom is -0.380 e. The lowest BCUT2D eigenvalue weighted by Crippen LogP contribution is -2.29. The Bertz CT molecular complexity index is 1050. The fourth-order valence-electron chi connectivity index (χ4n) is 3.31. The summed E-state index contributed by atoms with van der Waals surface area (Å²) < 4.78 is 15.2. The van der Waals surface area contributed by atoms with Crippen molar-refractivity contribution in [2.75, 3.05) is 6.54 Å². The molecular weight excluding hydrogens is 343 g/mol. The van der Waals surface area contributed by atoms with Crippen LogP contribution in [0.15, 0.2) is 72.7 Å². The number of carbonyl (C=O) groups excluding carboxylic acids is 1. The van der Waals surface area contributed by atoms with Gasteiger partial charge in [0.15, 0.2) is 0 Å². The van der Waals surface area contributed by atoms with E-state index in [2.05, 4.69) is 20.8 Å². The van der Waals surface area contributed by atoms with Crippen LogP contribution < -0.4 is 11.1 Å². The van der Waals surface area contributed by atoms with Gasteiger partial charge in [-0.1, -0.05) is 24.3 Å². The molecule has 2 aromatic heterocycles. The Morgan fingerprint density at radius 1 is 1.26 bits per heavy atom. The summed E-state index contributed by atoms with van der Waals surface area (Å²) >= 11 is 0. The number of benzene rings is 1. The Balaban J connectivity index is 1.59. The number of rotatable bonds is 5. The van der Waals surface area contributed by atoms with Crippen molar-refractivity contribution in [3.05, 3.63) is 84.2 Å². The Labute approximate surface area is 156 Å².